The van der Waals surface area contributed by atoms with Gasteiger partial charge in [0, 0.05) is 78.3 Å². The summed E-state index contributed by atoms with van der Waals surface area (Å²) in [6.07, 6.45) is 8.51. The number of nitrogens with zero attached hydrogens (tertiary/aromatic N) is 11. The fourth-order valence-electron chi connectivity index (χ4n) is 7.74. The fourth-order valence-corrected chi connectivity index (χ4v) is 10.2. The number of carbonyl (C=O) groups excluding carboxylic acids is 2. The predicted octanol–water partition coefficient (Wildman–Crippen LogP) is 6.32. The molecule has 3 atom stereocenters. The molecule has 6 aromatic heterocycles. The van der Waals surface area contributed by atoms with E-state index in [1.54, 1.807) is 4.90 Å². The van der Waals surface area contributed by atoms with Crippen molar-refractivity contribution < 1.29 is 14.3 Å². The van der Waals surface area contributed by atoms with Crippen LogP contribution in [0.2, 0.25) is 0 Å². The number of carbonyl (C=O) groups is 2. The second-order valence-electron chi connectivity index (χ2n) is 15.5. The number of likely N-dealkylation sites (tertiary alicyclic amines) is 2. The molecule has 0 aromatic carbocycles. The molecule has 6 aromatic rings. The van der Waals surface area contributed by atoms with Crippen LogP contribution in [0.5, 0.6) is 0 Å². The molecule has 0 saturated carbocycles. The maximum Gasteiger partial charge on any atom is 0.410 e. The number of nitrogens with two attached hydrogens (primary N) is 3. The Morgan fingerprint density at radius 3 is 1.52 bits per heavy atom. The van der Waals surface area contributed by atoms with Crippen molar-refractivity contribution in [3.63, 3.8) is 0 Å². The van der Waals surface area contributed by atoms with Crippen molar-refractivity contribution in [2.45, 2.75) is 78.2 Å². The number of hydrogen-bond donors (Lipinski definition) is 4. The normalized spacial score (nSPS) is 18.6. The minimum Gasteiger partial charge on any atom is -0.444 e. The maximum atomic E-state index is 12.2. The van der Waals surface area contributed by atoms with Gasteiger partial charge in [-0.2, -0.15) is 15.3 Å². The number of fused-ring (bicyclic) bond motifs is 3. The minimum absolute atomic E-state index is 0. The van der Waals surface area contributed by atoms with E-state index >= 15 is 0 Å². The van der Waals surface area contributed by atoms with Gasteiger partial charge >= 0.3 is 6.09 Å². The molecule has 0 spiro atoms. The van der Waals surface area contributed by atoms with Crippen molar-refractivity contribution in [2.24, 2.45) is 0 Å². The first-order valence-electron chi connectivity index (χ1n) is 19.1. The number of nitrogen functional groups attached to an aromatic ring is 3. The van der Waals surface area contributed by atoms with Crippen molar-refractivity contribution in [3.8, 4) is 0 Å². The van der Waals surface area contributed by atoms with Gasteiger partial charge in [0.15, 0.2) is 17.5 Å². The number of halogens is 3. The molecule has 9 rings (SSSR count). The molecule has 3 fully saturated rings. The number of nitrogens with one attached hydrogen (secondary N) is 1. The van der Waals surface area contributed by atoms with Gasteiger partial charge in [-0.25, -0.2) is 33.3 Å². The van der Waals surface area contributed by atoms with E-state index in [0.29, 0.717) is 43.0 Å². The van der Waals surface area contributed by atoms with Crippen LogP contribution in [0.25, 0.3) is 16.6 Å². The first-order chi connectivity index (χ1) is 28.1. The Labute approximate surface area is 396 Å². The Morgan fingerprint density at radius 2 is 1.13 bits per heavy atom. The summed E-state index contributed by atoms with van der Waals surface area (Å²) in [5.41, 5.74) is 23.3. The second kappa shape index (κ2) is 19.9. The van der Waals surface area contributed by atoms with Crippen molar-refractivity contribution in [2.75, 3.05) is 56.5 Å². The molecule has 61 heavy (non-hydrogen) atoms. The topological polar surface area (TPSA) is 231 Å². The Balaban J connectivity index is 0.000000173. The Bertz CT molecular complexity index is 2530. The summed E-state index contributed by atoms with van der Waals surface area (Å²) in [5, 5.41) is 16.3. The van der Waals surface area contributed by atoms with Crippen LogP contribution in [0.3, 0.4) is 0 Å². The molecule has 0 radical (unpaired) electrons. The van der Waals surface area contributed by atoms with E-state index in [-0.39, 0.29) is 38.7 Å². The predicted molar refractivity (Wildman–Crippen MR) is 263 cm³/mol. The molecule has 9 heterocycles. The first-order valence-corrected chi connectivity index (χ1v) is 22.3. The van der Waals surface area contributed by atoms with Crippen LogP contribution < -0.4 is 22.5 Å². The standard InChI is InChI=1S/C15H20IN5O2.C13H14IN5O.C10H12IN5.2CH4/c1-15(2,3)23-14(22)20-5-4-9(7-20)11-6-10(16)12-13(17)18-8-19-21(11)12;1-2-11(20)18-4-3-8(6-18)10-5-9(14)12-13(15)16-7-17-19(10)12;11-7-3-8(6-1-2-13-4-6)16-9(7)10(12)14-5-15-16;;/h6,8-9H,4-5,7H2,1-3H3,(H2,17,18,19);2,5,7-8H,1,3-4,6H2,(H2,15,16,17);3,5-6,13H,1-2,4H2,(H2,12,14,15);2*1H4. The highest BCUT2D eigenvalue weighted by molar-refractivity contribution is 14.1. The molecule has 3 aliphatic heterocycles. The second-order valence-corrected chi connectivity index (χ2v) is 19.0. The van der Waals surface area contributed by atoms with Crippen molar-refractivity contribution in [1.82, 2.24) is 58.9 Å². The van der Waals surface area contributed by atoms with Gasteiger partial charge in [0.1, 0.15) is 41.1 Å². The van der Waals surface area contributed by atoms with E-state index in [9.17, 15) is 9.59 Å². The lowest BCUT2D eigenvalue weighted by molar-refractivity contribution is -0.125. The lowest BCUT2D eigenvalue weighted by Crippen LogP contribution is -2.35. The van der Waals surface area contributed by atoms with Gasteiger partial charge in [-0.1, -0.05) is 21.4 Å². The third kappa shape index (κ3) is 10.2. The summed E-state index contributed by atoms with van der Waals surface area (Å²) in [6.45, 7) is 14.0. The number of ether oxygens (including phenoxy) is 1. The number of aromatic nitrogens is 9. The number of amides is 2. The Hall–Kier alpha value is -4.11. The summed E-state index contributed by atoms with van der Waals surface area (Å²) < 4.78 is 14.2. The summed E-state index contributed by atoms with van der Waals surface area (Å²) in [4.78, 5) is 39.6. The number of rotatable bonds is 4. The zero-order valence-electron chi connectivity index (χ0n) is 32.9. The molecular weight excluding hydrogens is 1120 g/mol. The van der Waals surface area contributed by atoms with Gasteiger partial charge in [0.25, 0.3) is 0 Å². The van der Waals surface area contributed by atoms with Crippen LogP contribution in [-0.4, -0.2) is 110 Å². The van der Waals surface area contributed by atoms with Crippen LogP contribution in [0, 0.1) is 10.7 Å². The highest BCUT2D eigenvalue weighted by Gasteiger charge is 2.33. The molecule has 3 saturated heterocycles. The third-order valence-electron chi connectivity index (χ3n) is 10.5. The number of hydrogen-bond acceptors (Lipinski definition) is 13. The van der Waals surface area contributed by atoms with Gasteiger partial charge in [-0.3, -0.25) is 4.79 Å². The van der Waals surface area contributed by atoms with Crippen molar-refractivity contribution in [3.05, 3.63) is 77.6 Å². The zero-order chi connectivity index (χ0) is 42.2. The quantitative estimate of drug-likeness (QED) is 0.112. The maximum absolute atomic E-state index is 12.2. The zero-order valence-corrected chi connectivity index (χ0v) is 39.3. The first kappa shape index (κ1) is 47.9. The van der Waals surface area contributed by atoms with Gasteiger partial charge in [0.05, 0.1) is 0 Å². The van der Waals surface area contributed by atoms with Gasteiger partial charge < -0.3 is 37.1 Å². The Kier molecular flexibility index (Phi) is 15.7. The molecular formula is C40H54I3N15O3. The lowest BCUT2D eigenvalue weighted by atomic mass is 10.1. The summed E-state index contributed by atoms with van der Waals surface area (Å²) in [6, 6.07) is 6.32. The van der Waals surface area contributed by atoms with Crippen LogP contribution in [-0.2, 0) is 9.53 Å². The van der Waals surface area contributed by atoms with E-state index in [1.165, 1.54) is 30.8 Å². The highest BCUT2D eigenvalue weighted by Crippen LogP contribution is 2.34. The van der Waals surface area contributed by atoms with E-state index in [1.807, 2.05) is 39.2 Å². The van der Waals surface area contributed by atoms with Crippen LogP contribution in [0.4, 0.5) is 22.2 Å². The molecule has 328 valence electrons. The smallest absolute Gasteiger partial charge is 0.410 e. The highest BCUT2D eigenvalue weighted by atomic mass is 127. The number of anilines is 3. The molecule has 0 aliphatic carbocycles. The van der Waals surface area contributed by atoms with Gasteiger partial charge in [0.2, 0.25) is 5.91 Å². The molecule has 3 unspecified atom stereocenters. The van der Waals surface area contributed by atoms with Crippen molar-refractivity contribution >= 4 is 114 Å². The summed E-state index contributed by atoms with van der Waals surface area (Å²) in [7, 11) is 0. The SMILES string of the molecule is C.C.C=CC(=O)N1CCC(c2cc(I)c3c(N)ncnn23)C1.CC(C)(C)OC(=O)N1CCC(c2cc(I)c3c(N)ncnn23)C1.Nc1ncnn2c(C3CCNC3)cc(I)c12. The monoisotopic (exact) mass is 1170 g/mol. The van der Waals surface area contributed by atoms with Crippen LogP contribution in [0.1, 0.15) is 89.7 Å². The van der Waals surface area contributed by atoms with Crippen molar-refractivity contribution in [1.29, 1.82) is 0 Å². The van der Waals surface area contributed by atoms with E-state index in [0.717, 1.165) is 77.5 Å². The molecule has 3 aliphatic rings. The summed E-state index contributed by atoms with van der Waals surface area (Å²) in [5.74, 6) is 2.50. The fraction of sp³-hybridized carbons (Fsp3) is 0.450. The molecule has 18 nitrogen and oxygen atoms in total. The van der Waals surface area contributed by atoms with Gasteiger partial charge in [-0.15, -0.1) is 0 Å². The molecule has 7 N–H and O–H groups in total. The molecule has 0 bridgehead atoms. The molecule has 21 heteroatoms. The average Bonchev–Trinajstić information content (AvgIpc) is 4.05. The molecule has 2 amide bonds. The van der Waals surface area contributed by atoms with Crippen LogP contribution >= 0.6 is 67.8 Å². The van der Waals surface area contributed by atoms with Crippen LogP contribution in [0.15, 0.2) is 49.8 Å². The van der Waals surface area contributed by atoms with E-state index in [2.05, 4.69) is 128 Å². The van der Waals surface area contributed by atoms with Gasteiger partial charge in [-0.05, 0) is 139 Å². The summed E-state index contributed by atoms with van der Waals surface area (Å²) >= 11 is 6.77. The van der Waals surface area contributed by atoms with E-state index < -0.39 is 5.60 Å². The average molecular weight is 1170 g/mol. The largest absolute Gasteiger partial charge is 0.444 e. The van der Waals surface area contributed by atoms with E-state index in [4.69, 9.17) is 21.9 Å². The third-order valence-corrected chi connectivity index (χ3v) is 13.0. The minimum atomic E-state index is -0.478. The lowest BCUT2D eigenvalue weighted by Gasteiger charge is -2.24. The Morgan fingerprint density at radius 1 is 0.721 bits per heavy atom.